The Morgan fingerprint density at radius 1 is 1.19 bits per heavy atom. The number of carboxylic acids is 1. The molecule has 0 bridgehead atoms. The normalized spacial score (nSPS) is 10.5. The topological polar surface area (TPSA) is 85.2 Å². The van der Waals surface area contributed by atoms with Gasteiger partial charge in [-0.3, -0.25) is 9.97 Å². The van der Waals surface area contributed by atoms with Crippen molar-refractivity contribution in [1.82, 2.24) is 15.0 Å². The summed E-state index contributed by atoms with van der Waals surface area (Å²) in [6.07, 6.45) is 4.62. The Bertz CT molecular complexity index is 819. The molecule has 1 N–H and O–H groups in total. The molecule has 21 heavy (non-hydrogen) atoms. The number of carbonyl (C=O) groups is 1. The summed E-state index contributed by atoms with van der Waals surface area (Å²) < 4.78 is 5.15. The van der Waals surface area contributed by atoms with E-state index in [0.29, 0.717) is 28.0 Å². The largest absolute Gasteiger partial charge is 0.497 e. The van der Waals surface area contributed by atoms with Crippen LogP contribution in [-0.2, 0) is 0 Å². The molecule has 2 heterocycles. The van der Waals surface area contributed by atoms with Crippen LogP contribution in [0.25, 0.3) is 22.3 Å². The van der Waals surface area contributed by atoms with Gasteiger partial charge in [-0.15, -0.1) is 0 Å². The third-order valence-electron chi connectivity index (χ3n) is 3.07. The summed E-state index contributed by atoms with van der Waals surface area (Å²) in [6, 6.07) is 6.59. The zero-order chi connectivity index (χ0) is 14.8. The molecule has 0 radical (unpaired) electrons. The van der Waals surface area contributed by atoms with Crippen LogP contribution in [0.15, 0.2) is 42.9 Å². The molecule has 0 fully saturated rings. The zero-order valence-electron chi connectivity index (χ0n) is 11.1. The Hall–Kier alpha value is -3.02. The van der Waals surface area contributed by atoms with Crippen molar-refractivity contribution in [3.05, 3.63) is 48.4 Å². The van der Waals surface area contributed by atoms with E-state index in [2.05, 4.69) is 15.0 Å². The fourth-order valence-corrected chi connectivity index (χ4v) is 2.07. The summed E-state index contributed by atoms with van der Waals surface area (Å²) >= 11 is 0. The number of pyridine rings is 1. The lowest BCUT2D eigenvalue weighted by atomic mass is 10.1. The molecule has 6 heteroatoms. The molecule has 0 spiro atoms. The van der Waals surface area contributed by atoms with Crippen molar-refractivity contribution in [1.29, 1.82) is 0 Å². The smallest absolute Gasteiger partial charge is 0.336 e. The van der Waals surface area contributed by atoms with E-state index in [9.17, 15) is 9.90 Å². The predicted octanol–water partition coefficient (Wildman–Crippen LogP) is 2.40. The maximum Gasteiger partial charge on any atom is 0.336 e. The first-order valence-corrected chi connectivity index (χ1v) is 6.17. The Morgan fingerprint density at radius 2 is 2.05 bits per heavy atom. The van der Waals surface area contributed by atoms with Crippen molar-refractivity contribution < 1.29 is 14.6 Å². The number of aromatic nitrogens is 3. The van der Waals surface area contributed by atoms with Crippen LogP contribution in [0.3, 0.4) is 0 Å². The van der Waals surface area contributed by atoms with E-state index >= 15 is 0 Å². The van der Waals surface area contributed by atoms with Crippen LogP contribution in [0.1, 0.15) is 10.4 Å². The second-order valence-corrected chi connectivity index (χ2v) is 4.33. The summed E-state index contributed by atoms with van der Waals surface area (Å²) in [7, 11) is 1.55. The van der Waals surface area contributed by atoms with Crippen LogP contribution in [0.4, 0.5) is 0 Å². The quantitative estimate of drug-likeness (QED) is 0.793. The van der Waals surface area contributed by atoms with Crippen molar-refractivity contribution in [2.45, 2.75) is 0 Å². The molecule has 0 saturated heterocycles. The zero-order valence-corrected chi connectivity index (χ0v) is 11.1. The molecular weight excluding hydrogens is 270 g/mol. The summed E-state index contributed by atoms with van der Waals surface area (Å²) in [5.74, 6) is -0.402. The van der Waals surface area contributed by atoms with Gasteiger partial charge < -0.3 is 9.84 Å². The van der Waals surface area contributed by atoms with Crippen molar-refractivity contribution in [2.24, 2.45) is 0 Å². The van der Waals surface area contributed by atoms with Gasteiger partial charge in [-0.2, -0.15) is 0 Å². The SMILES string of the molecule is COc1ccc2c(C(=O)O)cc(-c3cnccn3)nc2c1. The molecule has 0 aliphatic rings. The molecule has 0 unspecified atom stereocenters. The minimum Gasteiger partial charge on any atom is -0.497 e. The highest BCUT2D eigenvalue weighted by molar-refractivity contribution is 6.03. The summed E-state index contributed by atoms with van der Waals surface area (Å²) in [5, 5.41) is 9.94. The molecule has 0 saturated carbocycles. The van der Waals surface area contributed by atoms with Gasteiger partial charge in [-0.25, -0.2) is 9.78 Å². The van der Waals surface area contributed by atoms with E-state index in [1.54, 1.807) is 37.7 Å². The molecule has 0 aliphatic heterocycles. The van der Waals surface area contributed by atoms with Gasteiger partial charge in [0, 0.05) is 23.8 Å². The highest BCUT2D eigenvalue weighted by Gasteiger charge is 2.14. The van der Waals surface area contributed by atoms with Gasteiger partial charge in [0.1, 0.15) is 11.4 Å². The Labute approximate surface area is 120 Å². The molecule has 6 nitrogen and oxygen atoms in total. The van der Waals surface area contributed by atoms with Gasteiger partial charge in [-0.05, 0) is 18.2 Å². The van der Waals surface area contributed by atoms with Crippen molar-refractivity contribution in [2.75, 3.05) is 7.11 Å². The first-order chi connectivity index (χ1) is 10.2. The van der Waals surface area contributed by atoms with Crippen LogP contribution in [0.5, 0.6) is 5.75 Å². The fourth-order valence-electron chi connectivity index (χ4n) is 2.07. The van der Waals surface area contributed by atoms with Gasteiger partial charge in [0.25, 0.3) is 0 Å². The number of rotatable bonds is 3. The van der Waals surface area contributed by atoms with E-state index in [0.717, 1.165) is 0 Å². The fraction of sp³-hybridized carbons (Fsp3) is 0.0667. The average molecular weight is 281 g/mol. The number of fused-ring (bicyclic) bond motifs is 1. The molecular formula is C15H11N3O3. The molecule has 0 atom stereocenters. The average Bonchev–Trinajstić information content (AvgIpc) is 2.53. The van der Waals surface area contributed by atoms with E-state index in [-0.39, 0.29) is 5.56 Å². The number of methoxy groups -OCH3 is 1. The first-order valence-electron chi connectivity index (χ1n) is 6.17. The molecule has 104 valence electrons. The van der Waals surface area contributed by atoms with Crippen LogP contribution in [-0.4, -0.2) is 33.1 Å². The summed E-state index contributed by atoms with van der Waals surface area (Å²) in [5.41, 5.74) is 1.68. The lowest BCUT2D eigenvalue weighted by molar-refractivity contribution is 0.0699. The Balaban J connectivity index is 2.30. The van der Waals surface area contributed by atoms with E-state index < -0.39 is 5.97 Å². The van der Waals surface area contributed by atoms with Crippen LogP contribution >= 0.6 is 0 Å². The molecule has 3 aromatic rings. The number of nitrogens with zero attached hydrogens (tertiary/aromatic N) is 3. The molecule has 0 amide bonds. The molecule has 2 aromatic heterocycles. The molecule has 3 rings (SSSR count). The molecule has 1 aromatic carbocycles. The maximum absolute atomic E-state index is 11.5. The first kappa shape index (κ1) is 13.0. The number of aromatic carboxylic acids is 1. The standard InChI is InChI=1S/C15H11N3O3/c1-21-9-2-3-10-11(15(19)20)7-13(18-12(10)6-9)14-8-16-4-5-17-14/h2-8H,1H3,(H,19,20). The molecule has 0 aliphatic carbocycles. The maximum atomic E-state index is 11.5. The van der Waals surface area contributed by atoms with Crippen molar-refractivity contribution in [3.8, 4) is 17.1 Å². The number of benzene rings is 1. The van der Waals surface area contributed by atoms with Crippen molar-refractivity contribution >= 4 is 16.9 Å². The minimum absolute atomic E-state index is 0.170. The van der Waals surface area contributed by atoms with E-state index in [4.69, 9.17) is 4.74 Å². The van der Waals surface area contributed by atoms with E-state index in [1.807, 2.05) is 0 Å². The number of hydrogen-bond donors (Lipinski definition) is 1. The third-order valence-corrected chi connectivity index (χ3v) is 3.07. The number of carboxylic acid groups (broad SMARTS) is 1. The van der Waals surface area contributed by atoms with Crippen LogP contribution in [0, 0.1) is 0 Å². The second kappa shape index (κ2) is 5.16. The summed E-state index contributed by atoms with van der Waals surface area (Å²) in [4.78, 5) is 24.0. The monoisotopic (exact) mass is 281 g/mol. The lowest BCUT2D eigenvalue weighted by Gasteiger charge is -2.07. The Morgan fingerprint density at radius 3 is 2.71 bits per heavy atom. The third kappa shape index (κ3) is 2.38. The number of ether oxygens (including phenoxy) is 1. The van der Waals surface area contributed by atoms with Gasteiger partial charge in [-0.1, -0.05) is 0 Å². The second-order valence-electron chi connectivity index (χ2n) is 4.33. The lowest BCUT2D eigenvalue weighted by Crippen LogP contribution is -2.01. The highest BCUT2D eigenvalue weighted by atomic mass is 16.5. The predicted molar refractivity (Wildman–Crippen MR) is 76.3 cm³/mol. The van der Waals surface area contributed by atoms with Crippen LogP contribution < -0.4 is 4.74 Å². The van der Waals surface area contributed by atoms with Gasteiger partial charge >= 0.3 is 5.97 Å². The van der Waals surface area contributed by atoms with Crippen molar-refractivity contribution in [3.63, 3.8) is 0 Å². The van der Waals surface area contributed by atoms with Gasteiger partial charge in [0.05, 0.1) is 30.1 Å². The highest BCUT2D eigenvalue weighted by Crippen LogP contribution is 2.26. The number of hydrogen-bond acceptors (Lipinski definition) is 5. The van der Waals surface area contributed by atoms with Gasteiger partial charge in [0.2, 0.25) is 0 Å². The van der Waals surface area contributed by atoms with Gasteiger partial charge in [0.15, 0.2) is 0 Å². The van der Waals surface area contributed by atoms with Crippen LogP contribution in [0.2, 0.25) is 0 Å². The Kier molecular flexibility index (Phi) is 3.19. The van der Waals surface area contributed by atoms with E-state index in [1.165, 1.54) is 12.3 Å². The summed E-state index contributed by atoms with van der Waals surface area (Å²) in [6.45, 7) is 0. The minimum atomic E-state index is -1.02.